The Morgan fingerprint density at radius 3 is 2.81 bits per heavy atom. The lowest BCUT2D eigenvalue weighted by atomic mass is 9.91. The summed E-state index contributed by atoms with van der Waals surface area (Å²) in [6.45, 7) is 5.79. The number of nitrogens with zero attached hydrogens (tertiary/aromatic N) is 3. The third kappa shape index (κ3) is 4.62. The number of rotatable bonds is 7. The van der Waals surface area contributed by atoms with Gasteiger partial charge in [0.15, 0.2) is 5.78 Å². The number of Topliss-reactive ketones (excluding diaryl/α,β-unsaturated/α-hetero) is 1. The van der Waals surface area contributed by atoms with Gasteiger partial charge in [-0.15, -0.1) is 0 Å². The summed E-state index contributed by atoms with van der Waals surface area (Å²) in [4.78, 5) is 21.0. The highest BCUT2D eigenvalue weighted by atomic mass is 19.4. The lowest BCUT2D eigenvalue weighted by Crippen LogP contribution is -2.13. The van der Waals surface area contributed by atoms with E-state index < -0.39 is 17.7 Å². The van der Waals surface area contributed by atoms with Gasteiger partial charge in [0.1, 0.15) is 22.8 Å². The van der Waals surface area contributed by atoms with Crippen molar-refractivity contribution >= 4 is 11.4 Å². The van der Waals surface area contributed by atoms with Crippen LogP contribution in [0.5, 0.6) is 5.75 Å². The normalized spacial score (nSPS) is 17.6. The maximum atomic E-state index is 13.0. The molecule has 4 heterocycles. The summed E-state index contributed by atoms with van der Waals surface area (Å²) in [6, 6.07) is 5.08. The lowest BCUT2D eigenvalue weighted by molar-refractivity contribution is -0.141. The van der Waals surface area contributed by atoms with Crippen LogP contribution in [-0.2, 0) is 17.3 Å². The van der Waals surface area contributed by atoms with Crippen molar-refractivity contribution in [3.8, 4) is 5.75 Å². The molecule has 0 unspecified atom stereocenters. The third-order valence-electron chi connectivity index (χ3n) is 5.77. The quantitative estimate of drug-likeness (QED) is 0.491. The largest absolute Gasteiger partial charge is 0.493 e. The molecule has 4 rings (SSSR count). The van der Waals surface area contributed by atoms with Crippen molar-refractivity contribution in [2.24, 2.45) is 5.92 Å². The Labute approximate surface area is 183 Å². The summed E-state index contributed by atoms with van der Waals surface area (Å²) < 4.78 is 51.9. The number of ether oxygens (including phenoxy) is 2. The number of aromatic nitrogens is 3. The summed E-state index contributed by atoms with van der Waals surface area (Å²) in [5.74, 6) is 0.578. The van der Waals surface area contributed by atoms with Gasteiger partial charge in [-0.2, -0.15) is 13.2 Å². The van der Waals surface area contributed by atoms with Gasteiger partial charge in [-0.1, -0.05) is 13.0 Å². The molecule has 3 aromatic rings. The zero-order valence-corrected chi connectivity index (χ0v) is 17.9. The Balaban J connectivity index is 1.63. The Kier molecular flexibility index (Phi) is 6.19. The van der Waals surface area contributed by atoms with Crippen molar-refractivity contribution in [2.45, 2.75) is 38.8 Å². The molecular formula is C23H24F3N3O3. The van der Waals surface area contributed by atoms with Gasteiger partial charge >= 0.3 is 6.18 Å². The van der Waals surface area contributed by atoms with E-state index in [1.807, 2.05) is 17.5 Å². The Bertz CT molecular complexity index is 1120. The van der Waals surface area contributed by atoms with E-state index in [1.54, 1.807) is 12.3 Å². The zero-order chi connectivity index (χ0) is 22.9. The van der Waals surface area contributed by atoms with Gasteiger partial charge in [0.05, 0.1) is 18.9 Å². The Morgan fingerprint density at radius 1 is 1.31 bits per heavy atom. The molecule has 6 nitrogen and oxygen atoms in total. The van der Waals surface area contributed by atoms with Crippen LogP contribution >= 0.6 is 0 Å². The topological polar surface area (TPSA) is 65.7 Å². The summed E-state index contributed by atoms with van der Waals surface area (Å²) >= 11 is 0. The van der Waals surface area contributed by atoms with Gasteiger partial charge in [-0.25, -0.2) is 9.97 Å². The molecule has 2 atom stereocenters. The molecule has 0 N–H and O–H groups in total. The van der Waals surface area contributed by atoms with Crippen LogP contribution in [0.15, 0.2) is 36.7 Å². The highest BCUT2D eigenvalue weighted by Crippen LogP contribution is 2.32. The summed E-state index contributed by atoms with van der Waals surface area (Å²) in [5.41, 5.74) is 0.842. The highest BCUT2D eigenvalue weighted by Gasteiger charge is 2.33. The van der Waals surface area contributed by atoms with E-state index in [0.717, 1.165) is 24.8 Å². The number of carbonyl (C=O) groups is 1. The number of hydrogen-bond acceptors (Lipinski definition) is 5. The molecule has 170 valence electrons. The molecule has 9 heteroatoms. The zero-order valence-electron chi connectivity index (χ0n) is 17.9. The molecule has 1 aliphatic heterocycles. The molecule has 0 aromatic carbocycles. The van der Waals surface area contributed by atoms with Crippen LogP contribution in [0, 0.1) is 5.92 Å². The number of pyridine rings is 2. The van der Waals surface area contributed by atoms with Crippen LogP contribution in [-0.4, -0.2) is 40.0 Å². The molecule has 3 aromatic heterocycles. The predicted molar refractivity (Wildman–Crippen MR) is 111 cm³/mol. The van der Waals surface area contributed by atoms with Crippen LogP contribution in [0.3, 0.4) is 0 Å². The van der Waals surface area contributed by atoms with E-state index in [2.05, 4.69) is 11.9 Å². The number of hydrogen-bond donors (Lipinski definition) is 0. The summed E-state index contributed by atoms with van der Waals surface area (Å²) in [7, 11) is 0. The molecule has 0 amide bonds. The van der Waals surface area contributed by atoms with Crippen molar-refractivity contribution in [3.63, 3.8) is 0 Å². The van der Waals surface area contributed by atoms with Gasteiger partial charge in [0.25, 0.3) is 0 Å². The number of fused-ring (bicyclic) bond motifs is 1. The molecule has 1 saturated heterocycles. The molecule has 0 radical (unpaired) electrons. The third-order valence-corrected chi connectivity index (χ3v) is 5.77. The highest BCUT2D eigenvalue weighted by molar-refractivity contribution is 5.96. The van der Waals surface area contributed by atoms with Gasteiger partial charge in [0.2, 0.25) is 0 Å². The van der Waals surface area contributed by atoms with Crippen molar-refractivity contribution in [1.82, 2.24) is 14.4 Å². The summed E-state index contributed by atoms with van der Waals surface area (Å²) in [6.07, 6.45) is -0.0905. The van der Waals surface area contributed by atoms with E-state index in [9.17, 15) is 18.0 Å². The second-order valence-electron chi connectivity index (χ2n) is 7.95. The van der Waals surface area contributed by atoms with Crippen molar-refractivity contribution in [2.75, 3.05) is 19.8 Å². The fourth-order valence-corrected chi connectivity index (χ4v) is 3.92. The van der Waals surface area contributed by atoms with E-state index in [4.69, 9.17) is 14.5 Å². The number of carbonyl (C=O) groups excluding carboxylic acids is 1. The van der Waals surface area contributed by atoms with Crippen LogP contribution in [0.25, 0.3) is 5.65 Å². The van der Waals surface area contributed by atoms with E-state index in [0.29, 0.717) is 36.1 Å². The molecule has 0 saturated carbocycles. The van der Waals surface area contributed by atoms with E-state index in [1.165, 1.54) is 12.1 Å². The first kappa shape index (κ1) is 22.3. The minimum Gasteiger partial charge on any atom is -0.493 e. The van der Waals surface area contributed by atoms with Crippen molar-refractivity contribution < 1.29 is 27.4 Å². The fourth-order valence-electron chi connectivity index (χ4n) is 3.92. The predicted octanol–water partition coefficient (Wildman–Crippen LogP) is 4.71. The number of ketones is 1. The van der Waals surface area contributed by atoms with Crippen LogP contribution in [0.4, 0.5) is 13.2 Å². The maximum Gasteiger partial charge on any atom is 0.433 e. The number of halogens is 3. The molecule has 0 spiro atoms. The van der Waals surface area contributed by atoms with E-state index >= 15 is 0 Å². The average molecular weight is 447 g/mol. The van der Waals surface area contributed by atoms with Crippen LogP contribution < -0.4 is 4.74 Å². The fraction of sp³-hybridized carbons (Fsp3) is 0.435. The molecule has 0 aliphatic carbocycles. The Hall–Kier alpha value is -2.94. The molecular weight excluding hydrogens is 423 g/mol. The maximum absolute atomic E-state index is 13.0. The SMILES string of the molecule is CCOc1cc2nc([C@@H](C)[C@@H]3CCOC3)cn2cc1CC(=O)c1cccc(C(F)(F)F)n1. The minimum atomic E-state index is -4.61. The lowest BCUT2D eigenvalue weighted by Gasteiger charge is -2.14. The summed E-state index contributed by atoms with van der Waals surface area (Å²) in [5, 5.41) is 0. The second kappa shape index (κ2) is 8.90. The van der Waals surface area contributed by atoms with Gasteiger partial charge in [0, 0.05) is 43.0 Å². The molecule has 1 aliphatic rings. The van der Waals surface area contributed by atoms with Gasteiger partial charge < -0.3 is 13.9 Å². The number of imidazole rings is 1. The molecule has 0 bridgehead atoms. The molecule has 32 heavy (non-hydrogen) atoms. The van der Waals surface area contributed by atoms with Gasteiger partial charge in [-0.3, -0.25) is 4.79 Å². The average Bonchev–Trinajstić information content (AvgIpc) is 3.43. The number of alkyl halides is 3. The van der Waals surface area contributed by atoms with Crippen molar-refractivity contribution in [3.05, 3.63) is 59.3 Å². The first-order valence-corrected chi connectivity index (χ1v) is 10.6. The first-order chi connectivity index (χ1) is 15.3. The monoisotopic (exact) mass is 447 g/mol. The van der Waals surface area contributed by atoms with Gasteiger partial charge in [-0.05, 0) is 31.4 Å². The van der Waals surface area contributed by atoms with Crippen LogP contribution in [0.2, 0.25) is 0 Å². The standard InChI is InChI=1S/C23H24F3N3O3/c1-3-32-20-10-22-28-18(14(2)15-7-8-31-13-15)12-29(22)11-16(20)9-19(30)17-5-4-6-21(27-17)23(24,25)26/h4-6,10-12,14-15H,3,7-9,13H2,1-2H3/t14-,15+/m0/s1. The Morgan fingerprint density at radius 2 is 2.12 bits per heavy atom. The van der Waals surface area contributed by atoms with Crippen LogP contribution in [0.1, 0.15) is 53.6 Å². The van der Waals surface area contributed by atoms with E-state index in [-0.39, 0.29) is 18.0 Å². The molecule has 1 fully saturated rings. The minimum absolute atomic E-state index is 0.140. The second-order valence-corrected chi connectivity index (χ2v) is 7.95. The smallest absolute Gasteiger partial charge is 0.433 e. The first-order valence-electron chi connectivity index (χ1n) is 10.6. The van der Waals surface area contributed by atoms with Crippen molar-refractivity contribution in [1.29, 1.82) is 0 Å².